The first kappa shape index (κ1) is 17.6. The number of rotatable bonds is 5. The Hall–Kier alpha value is -2.83. The molecule has 3 aliphatic rings. The standard InChI is InChI=1S/C20H22N2O5/c23-18(21-13-7-8-16-17(12-13)27-11-10-26-16)6-3-9-22-19(24)14-4-1-2-5-15(14)20(22)25/h1-2,7-8,12,14-15H,3-6,9-11H2,(H,21,23)/t14-,15-/m1/s1. The zero-order valence-corrected chi connectivity index (χ0v) is 15.0. The van der Waals surface area contributed by atoms with E-state index in [1.807, 2.05) is 12.2 Å². The van der Waals surface area contributed by atoms with E-state index in [4.69, 9.17) is 9.47 Å². The molecule has 3 amide bonds. The third-order valence-electron chi connectivity index (χ3n) is 5.21. The van der Waals surface area contributed by atoms with Gasteiger partial charge in [0, 0.05) is 24.7 Å². The van der Waals surface area contributed by atoms with Crippen LogP contribution < -0.4 is 14.8 Å². The summed E-state index contributed by atoms with van der Waals surface area (Å²) >= 11 is 0. The molecule has 2 heterocycles. The van der Waals surface area contributed by atoms with Crippen molar-refractivity contribution in [1.82, 2.24) is 4.90 Å². The van der Waals surface area contributed by atoms with Crippen LogP contribution in [0.15, 0.2) is 30.4 Å². The minimum Gasteiger partial charge on any atom is -0.486 e. The Kier molecular flexibility index (Phi) is 4.83. The maximum absolute atomic E-state index is 12.4. The number of anilines is 1. The van der Waals surface area contributed by atoms with E-state index >= 15 is 0 Å². The maximum Gasteiger partial charge on any atom is 0.233 e. The summed E-state index contributed by atoms with van der Waals surface area (Å²) in [5, 5.41) is 2.82. The Morgan fingerprint density at radius 2 is 1.70 bits per heavy atom. The average Bonchev–Trinajstić information content (AvgIpc) is 2.93. The molecule has 1 aromatic rings. The summed E-state index contributed by atoms with van der Waals surface area (Å²) in [6, 6.07) is 5.26. The summed E-state index contributed by atoms with van der Waals surface area (Å²) in [7, 11) is 0. The average molecular weight is 370 g/mol. The molecule has 142 valence electrons. The van der Waals surface area contributed by atoms with Crippen molar-refractivity contribution in [2.45, 2.75) is 25.7 Å². The molecule has 0 spiro atoms. The van der Waals surface area contributed by atoms with Gasteiger partial charge < -0.3 is 14.8 Å². The van der Waals surface area contributed by atoms with Crippen LogP contribution >= 0.6 is 0 Å². The fourth-order valence-electron chi connectivity index (χ4n) is 3.83. The van der Waals surface area contributed by atoms with Gasteiger partial charge in [0.2, 0.25) is 17.7 Å². The van der Waals surface area contributed by atoms with Gasteiger partial charge in [-0.2, -0.15) is 0 Å². The highest BCUT2D eigenvalue weighted by Crippen LogP contribution is 2.35. The Balaban J connectivity index is 1.27. The van der Waals surface area contributed by atoms with Gasteiger partial charge in [0.25, 0.3) is 0 Å². The monoisotopic (exact) mass is 370 g/mol. The predicted molar refractivity (Wildman–Crippen MR) is 97.4 cm³/mol. The number of likely N-dealkylation sites (tertiary alicyclic amines) is 1. The number of benzene rings is 1. The van der Waals surface area contributed by atoms with Crippen LogP contribution in [0.1, 0.15) is 25.7 Å². The summed E-state index contributed by atoms with van der Waals surface area (Å²) < 4.78 is 11.0. The molecule has 1 fully saturated rings. The number of hydrogen-bond donors (Lipinski definition) is 1. The first-order chi connectivity index (χ1) is 13.1. The molecule has 0 radical (unpaired) electrons. The fraction of sp³-hybridized carbons (Fsp3) is 0.450. The minimum absolute atomic E-state index is 0.0957. The van der Waals surface area contributed by atoms with Crippen molar-refractivity contribution < 1.29 is 23.9 Å². The van der Waals surface area contributed by atoms with Gasteiger partial charge in [-0.05, 0) is 31.4 Å². The van der Waals surface area contributed by atoms with Gasteiger partial charge in [-0.15, -0.1) is 0 Å². The molecule has 0 unspecified atom stereocenters. The lowest BCUT2D eigenvalue weighted by Gasteiger charge is -2.19. The topological polar surface area (TPSA) is 84.9 Å². The van der Waals surface area contributed by atoms with Crippen LogP contribution in [0.2, 0.25) is 0 Å². The number of amides is 3. The van der Waals surface area contributed by atoms with Gasteiger partial charge in [-0.25, -0.2) is 0 Å². The van der Waals surface area contributed by atoms with Crippen LogP contribution in [0.25, 0.3) is 0 Å². The van der Waals surface area contributed by atoms with Crippen molar-refractivity contribution in [1.29, 1.82) is 0 Å². The normalized spacial score (nSPS) is 23.3. The lowest BCUT2D eigenvalue weighted by atomic mass is 9.85. The summed E-state index contributed by atoms with van der Waals surface area (Å²) in [6.07, 6.45) is 5.89. The van der Waals surface area contributed by atoms with E-state index in [9.17, 15) is 14.4 Å². The third-order valence-corrected chi connectivity index (χ3v) is 5.21. The molecule has 1 saturated heterocycles. The van der Waals surface area contributed by atoms with Crippen molar-refractivity contribution in [2.75, 3.05) is 25.1 Å². The molecule has 0 bridgehead atoms. The Morgan fingerprint density at radius 1 is 1.04 bits per heavy atom. The number of carbonyl (C=O) groups excluding carboxylic acids is 3. The number of nitrogens with zero attached hydrogens (tertiary/aromatic N) is 1. The smallest absolute Gasteiger partial charge is 0.233 e. The molecular weight excluding hydrogens is 348 g/mol. The van der Waals surface area contributed by atoms with Crippen LogP contribution in [0.5, 0.6) is 11.5 Å². The zero-order chi connectivity index (χ0) is 18.8. The summed E-state index contributed by atoms with van der Waals surface area (Å²) in [4.78, 5) is 38.3. The Bertz CT molecular complexity index is 778. The molecule has 0 saturated carbocycles. The minimum atomic E-state index is -0.214. The SMILES string of the molecule is O=C(CCCN1C(=O)[C@@H]2CC=CC[C@H]2C1=O)Nc1ccc2c(c1)OCCO2. The van der Waals surface area contributed by atoms with Gasteiger partial charge in [0.1, 0.15) is 13.2 Å². The number of nitrogens with one attached hydrogen (secondary N) is 1. The molecular formula is C20H22N2O5. The highest BCUT2D eigenvalue weighted by Gasteiger charge is 2.46. The van der Waals surface area contributed by atoms with Crippen molar-refractivity contribution in [3.63, 3.8) is 0 Å². The molecule has 7 heteroatoms. The number of allylic oxidation sites excluding steroid dienone is 2. The highest BCUT2D eigenvalue weighted by atomic mass is 16.6. The van der Waals surface area contributed by atoms with Crippen molar-refractivity contribution in [2.24, 2.45) is 11.8 Å². The number of carbonyl (C=O) groups is 3. The van der Waals surface area contributed by atoms with Gasteiger partial charge in [0.05, 0.1) is 11.8 Å². The van der Waals surface area contributed by atoms with Crippen molar-refractivity contribution in [3.05, 3.63) is 30.4 Å². The van der Waals surface area contributed by atoms with E-state index in [-0.39, 0.29) is 36.0 Å². The Morgan fingerprint density at radius 3 is 2.41 bits per heavy atom. The highest BCUT2D eigenvalue weighted by molar-refractivity contribution is 6.05. The van der Waals surface area contributed by atoms with Crippen LogP contribution in [0, 0.1) is 11.8 Å². The fourth-order valence-corrected chi connectivity index (χ4v) is 3.83. The third kappa shape index (κ3) is 3.54. The zero-order valence-electron chi connectivity index (χ0n) is 15.0. The summed E-state index contributed by atoms with van der Waals surface area (Å²) in [5.74, 6) is 0.501. The first-order valence-electron chi connectivity index (χ1n) is 9.33. The van der Waals surface area contributed by atoms with Crippen LogP contribution in [-0.4, -0.2) is 42.4 Å². The number of hydrogen-bond acceptors (Lipinski definition) is 5. The maximum atomic E-state index is 12.4. The molecule has 2 aliphatic heterocycles. The molecule has 0 aromatic heterocycles. The molecule has 7 nitrogen and oxygen atoms in total. The predicted octanol–water partition coefficient (Wildman–Crippen LogP) is 2.13. The molecule has 4 rings (SSSR count). The number of ether oxygens (including phenoxy) is 2. The van der Waals surface area contributed by atoms with Crippen molar-refractivity contribution >= 4 is 23.4 Å². The van der Waals surface area contributed by atoms with E-state index in [0.29, 0.717) is 56.2 Å². The van der Waals surface area contributed by atoms with Crippen LogP contribution in [-0.2, 0) is 14.4 Å². The summed E-state index contributed by atoms with van der Waals surface area (Å²) in [5.41, 5.74) is 0.634. The Labute approximate surface area is 157 Å². The van der Waals surface area contributed by atoms with Gasteiger partial charge in [-0.1, -0.05) is 12.2 Å². The molecule has 1 aromatic carbocycles. The van der Waals surface area contributed by atoms with Crippen LogP contribution in [0.4, 0.5) is 5.69 Å². The number of fused-ring (bicyclic) bond motifs is 2. The second-order valence-corrected chi connectivity index (χ2v) is 6.99. The van der Waals surface area contributed by atoms with E-state index in [1.165, 1.54) is 4.90 Å². The molecule has 1 N–H and O–H groups in total. The lowest BCUT2D eigenvalue weighted by molar-refractivity contribution is -0.140. The summed E-state index contributed by atoms with van der Waals surface area (Å²) in [6.45, 7) is 1.30. The van der Waals surface area contributed by atoms with Gasteiger partial charge >= 0.3 is 0 Å². The van der Waals surface area contributed by atoms with E-state index < -0.39 is 0 Å². The molecule has 27 heavy (non-hydrogen) atoms. The molecule has 2 atom stereocenters. The van der Waals surface area contributed by atoms with Gasteiger partial charge in [-0.3, -0.25) is 19.3 Å². The quantitative estimate of drug-likeness (QED) is 0.634. The van der Waals surface area contributed by atoms with Crippen LogP contribution in [0.3, 0.4) is 0 Å². The van der Waals surface area contributed by atoms with Gasteiger partial charge in [0.15, 0.2) is 11.5 Å². The largest absolute Gasteiger partial charge is 0.486 e. The first-order valence-corrected chi connectivity index (χ1v) is 9.33. The lowest BCUT2D eigenvalue weighted by Crippen LogP contribution is -2.32. The van der Waals surface area contributed by atoms with E-state index in [1.54, 1.807) is 18.2 Å². The second-order valence-electron chi connectivity index (χ2n) is 6.99. The number of imide groups is 1. The van der Waals surface area contributed by atoms with Crippen molar-refractivity contribution in [3.8, 4) is 11.5 Å². The molecule has 1 aliphatic carbocycles. The second kappa shape index (κ2) is 7.42. The van der Waals surface area contributed by atoms with E-state index in [2.05, 4.69) is 5.32 Å². The van der Waals surface area contributed by atoms with E-state index in [0.717, 1.165) is 0 Å².